The highest BCUT2D eigenvalue weighted by molar-refractivity contribution is 5.92. The van der Waals surface area contributed by atoms with Crippen molar-refractivity contribution in [1.82, 2.24) is 4.90 Å². The van der Waals surface area contributed by atoms with E-state index in [1.807, 2.05) is 0 Å². The van der Waals surface area contributed by atoms with Crippen molar-refractivity contribution in [2.24, 2.45) is 5.92 Å². The third kappa shape index (κ3) is 1.40. The van der Waals surface area contributed by atoms with Crippen molar-refractivity contribution in [3.63, 3.8) is 0 Å². The SMILES string of the molecule is C=C(C)C(=O)N1CC(C#N)C1. The van der Waals surface area contributed by atoms with Crippen LogP contribution in [0.3, 0.4) is 0 Å². The molecule has 3 heteroatoms. The molecule has 0 radical (unpaired) electrons. The summed E-state index contributed by atoms with van der Waals surface area (Å²) >= 11 is 0. The van der Waals surface area contributed by atoms with E-state index < -0.39 is 0 Å². The molecule has 1 aliphatic rings. The first-order chi connectivity index (χ1) is 5.15. The summed E-state index contributed by atoms with van der Waals surface area (Å²) in [7, 11) is 0. The molecule has 0 bridgehead atoms. The van der Waals surface area contributed by atoms with E-state index in [1.165, 1.54) is 0 Å². The van der Waals surface area contributed by atoms with Gasteiger partial charge in [-0.25, -0.2) is 0 Å². The number of hydrogen-bond acceptors (Lipinski definition) is 2. The van der Waals surface area contributed by atoms with E-state index in [0.29, 0.717) is 18.7 Å². The van der Waals surface area contributed by atoms with E-state index in [0.717, 1.165) is 0 Å². The highest BCUT2D eigenvalue weighted by Crippen LogP contribution is 2.15. The average Bonchev–Trinajstić information content (AvgIpc) is 1.85. The van der Waals surface area contributed by atoms with Gasteiger partial charge in [0.15, 0.2) is 0 Å². The number of hydrogen-bond donors (Lipinski definition) is 0. The van der Waals surface area contributed by atoms with Crippen LogP contribution in [0.5, 0.6) is 0 Å². The molecule has 0 aromatic heterocycles. The summed E-state index contributed by atoms with van der Waals surface area (Å²) in [5.41, 5.74) is 0.543. The number of amides is 1. The minimum absolute atomic E-state index is 0.0310. The smallest absolute Gasteiger partial charge is 0.248 e. The van der Waals surface area contributed by atoms with Crippen LogP contribution >= 0.6 is 0 Å². The summed E-state index contributed by atoms with van der Waals surface area (Å²) < 4.78 is 0. The lowest BCUT2D eigenvalue weighted by Gasteiger charge is -2.35. The second-order valence-electron chi connectivity index (χ2n) is 2.82. The van der Waals surface area contributed by atoms with Gasteiger partial charge in [-0.1, -0.05) is 6.58 Å². The second kappa shape index (κ2) is 2.75. The Morgan fingerprint density at radius 3 is 2.64 bits per heavy atom. The Morgan fingerprint density at radius 1 is 1.73 bits per heavy atom. The highest BCUT2D eigenvalue weighted by Gasteiger charge is 2.30. The first-order valence-electron chi connectivity index (χ1n) is 3.49. The van der Waals surface area contributed by atoms with Crippen LogP contribution in [0.25, 0.3) is 0 Å². The number of likely N-dealkylation sites (tertiary alicyclic amines) is 1. The van der Waals surface area contributed by atoms with Gasteiger partial charge in [0.2, 0.25) is 5.91 Å². The Balaban J connectivity index is 2.40. The molecule has 1 rings (SSSR count). The first-order valence-corrected chi connectivity index (χ1v) is 3.49. The number of nitriles is 1. The van der Waals surface area contributed by atoms with Gasteiger partial charge in [0, 0.05) is 18.7 Å². The van der Waals surface area contributed by atoms with Gasteiger partial charge in [-0.15, -0.1) is 0 Å². The molecule has 1 heterocycles. The van der Waals surface area contributed by atoms with E-state index in [4.69, 9.17) is 5.26 Å². The van der Waals surface area contributed by atoms with Crippen LogP contribution < -0.4 is 0 Å². The summed E-state index contributed by atoms with van der Waals surface area (Å²) in [6.45, 7) is 6.36. The standard InChI is InChI=1S/C8H10N2O/c1-6(2)8(11)10-4-7(3-9)5-10/h7H,1,4-5H2,2H3. The Hall–Kier alpha value is -1.30. The quantitative estimate of drug-likeness (QED) is 0.512. The summed E-state index contributed by atoms with van der Waals surface area (Å²) in [4.78, 5) is 12.7. The van der Waals surface area contributed by atoms with Crippen molar-refractivity contribution in [1.29, 1.82) is 5.26 Å². The minimum Gasteiger partial charge on any atom is -0.336 e. The third-order valence-corrected chi connectivity index (χ3v) is 1.72. The van der Waals surface area contributed by atoms with Crippen molar-refractivity contribution in [2.75, 3.05) is 13.1 Å². The van der Waals surface area contributed by atoms with Crippen LogP contribution in [0.4, 0.5) is 0 Å². The lowest BCUT2D eigenvalue weighted by Crippen LogP contribution is -2.49. The fraction of sp³-hybridized carbons (Fsp3) is 0.500. The molecule has 0 atom stereocenters. The summed E-state index contributed by atoms with van der Waals surface area (Å²) in [5.74, 6) is 0.00907. The molecule has 1 fully saturated rings. The lowest BCUT2D eigenvalue weighted by molar-refractivity contribution is -0.131. The number of nitrogens with zero attached hydrogens (tertiary/aromatic N) is 2. The molecule has 0 unspecified atom stereocenters. The van der Waals surface area contributed by atoms with E-state index in [9.17, 15) is 4.79 Å². The molecule has 11 heavy (non-hydrogen) atoms. The predicted octanol–water partition coefficient (Wildman–Crippen LogP) is 0.544. The zero-order valence-electron chi connectivity index (χ0n) is 6.50. The number of carbonyl (C=O) groups excluding carboxylic acids is 1. The molecule has 1 aliphatic heterocycles. The molecule has 1 saturated heterocycles. The maximum Gasteiger partial charge on any atom is 0.248 e. The van der Waals surface area contributed by atoms with Crippen LogP contribution in [-0.4, -0.2) is 23.9 Å². The molecular formula is C8H10N2O. The average molecular weight is 150 g/mol. The first kappa shape index (κ1) is 7.80. The van der Waals surface area contributed by atoms with Gasteiger partial charge in [0.1, 0.15) is 0 Å². The van der Waals surface area contributed by atoms with Gasteiger partial charge < -0.3 is 4.90 Å². The van der Waals surface area contributed by atoms with Gasteiger partial charge in [0.05, 0.1) is 12.0 Å². The summed E-state index contributed by atoms with van der Waals surface area (Å²) in [6.07, 6.45) is 0. The van der Waals surface area contributed by atoms with Crippen molar-refractivity contribution >= 4 is 5.91 Å². The zero-order chi connectivity index (χ0) is 8.43. The van der Waals surface area contributed by atoms with Crippen molar-refractivity contribution < 1.29 is 4.79 Å². The molecule has 0 spiro atoms. The molecule has 1 amide bonds. The molecule has 0 aromatic rings. The number of carbonyl (C=O) groups is 1. The maximum absolute atomic E-state index is 11.1. The second-order valence-corrected chi connectivity index (χ2v) is 2.82. The fourth-order valence-corrected chi connectivity index (χ4v) is 0.996. The predicted molar refractivity (Wildman–Crippen MR) is 40.5 cm³/mol. The van der Waals surface area contributed by atoms with Crippen molar-refractivity contribution in [3.8, 4) is 6.07 Å². The van der Waals surface area contributed by atoms with Crippen LogP contribution in [0.1, 0.15) is 6.92 Å². The number of rotatable bonds is 1. The molecular weight excluding hydrogens is 140 g/mol. The van der Waals surface area contributed by atoms with Gasteiger partial charge in [-0.2, -0.15) is 5.26 Å². The Kier molecular flexibility index (Phi) is 1.95. The summed E-state index contributed by atoms with van der Waals surface area (Å²) in [5, 5.41) is 8.41. The molecule has 0 saturated carbocycles. The van der Waals surface area contributed by atoms with E-state index in [2.05, 4.69) is 12.6 Å². The fourth-order valence-electron chi connectivity index (χ4n) is 0.996. The van der Waals surface area contributed by atoms with E-state index >= 15 is 0 Å². The largest absolute Gasteiger partial charge is 0.336 e. The van der Waals surface area contributed by atoms with Gasteiger partial charge >= 0.3 is 0 Å². The van der Waals surface area contributed by atoms with E-state index in [1.54, 1.807) is 11.8 Å². The monoisotopic (exact) mass is 150 g/mol. The molecule has 0 aromatic carbocycles. The molecule has 58 valence electrons. The molecule has 3 nitrogen and oxygen atoms in total. The van der Waals surface area contributed by atoms with Crippen molar-refractivity contribution in [2.45, 2.75) is 6.92 Å². The maximum atomic E-state index is 11.1. The third-order valence-electron chi connectivity index (χ3n) is 1.72. The normalized spacial score (nSPS) is 16.9. The minimum atomic E-state index is -0.0310. The Bertz CT molecular complexity index is 233. The summed E-state index contributed by atoms with van der Waals surface area (Å²) in [6, 6.07) is 2.10. The topological polar surface area (TPSA) is 44.1 Å². The van der Waals surface area contributed by atoms with Crippen LogP contribution in [-0.2, 0) is 4.79 Å². The highest BCUT2D eigenvalue weighted by atomic mass is 16.2. The zero-order valence-corrected chi connectivity index (χ0v) is 6.50. The van der Waals surface area contributed by atoms with Crippen LogP contribution in [0.15, 0.2) is 12.2 Å². The van der Waals surface area contributed by atoms with Crippen LogP contribution in [0.2, 0.25) is 0 Å². The Morgan fingerprint density at radius 2 is 2.27 bits per heavy atom. The Labute approximate surface area is 65.9 Å². The molecule has 0 N–H and O–H groups in total. The lowest BCUT2D eigenvalue weighted by atomic mass is 10.0. The molecule has 0 aliphatic carbocycles. The van der Waals surface area contributed by atoms with Crippen molar-refractivity contribution in [3.05, 3.63) is 12.2 Å². The van der Waals surface area contributed by atoms with Gasteiger partial charge in [-0.05, 0) is 6.92 Å². The van der Waals surface area contributed by atoms with Gasteiger partial charge in [0.25, 0.3) is 0 Å². The van der Waals surface area contributed by atoms with Crippen LogP contribution in [0, 0.1) is 17.2 Å². The van der Waals surface area contributed by atoms with Gasteiger partial charge in [-0.3, -0.25) is 4.79 Å². The van der Waals surface area contributed by atoms with E-state index in [-0.39, 0.29) is 11.8 Å².